The van der Waals surface area contributed by atoms with Gasteiger partial charge in [0.15, 0.2) is 0 Å². The van der Waals surface area contributed by atoms with Crippen LogP contribution in [-0.2, 0) is 20.1 Å². The predicted octanol–water partition coefficient (Wildman–Crippen LogP) is 10.3. The number of allylic oxidation sites excluding steroid dienone is 2. The van der Waals surface area contributed by atoms with E-state index < -0.39 is 0 Å². The SMILES string of the molecule is CN(CCP(C(C)(C)C)C(C)(C)C)CCP(C(C)(C)C)C(C)(C)C.ClC1=[C-]CCCCCC1.[Ir]. The molecule has 1 nitrogen and oxygen atoms in total. The molecule has 34 heavy (non-hydrogen) atoms. The van der Waals surface area contributed by atoms with Gasteiger partial charge in [-0.2, -0.15) is 11.5 Å². The van der Waals surface area contributed by atoms with Crippen LogP contribution in [0.5, 0.6) is 0 Å². The molecule has 0 aliphatic heterocycles. The van der Waals surface area contributed by atoms with E-state index in [9.17, 15) is 0 Å². The third kappa shape index (κ3) is 17.1. The number of hydrogen-bond acceptors (Lipinski definition) is 1. The van der Waals surface area contributed by atoms with E-state index in [0.717, 1.165) is 17.9 Å². The zero-order valence-electron chi connectivity index (χ0n) is 25.1. The molecule has 0 saturated heterocycles. The van der Waals surface area contributed by atoms with Gasteiger partial charge in [0.2, 0.25) is 0 Å². The minimum absolute atomic E-state index is 0. The van der Waals surface area contributed by atoms with Gasteiger partial charge in [0.05, 0.1) is 0 Å². The second-order valence-electron chi connectivity index (χ2n) is 13.8. The van der Waals surface area contributed by atoms with Gasteiger partial charge >= 0.3 is 0 Å². The van der Waals surface area contributed by atoms with Gasteiger partial charge in [0.1, 0.15) is 0 Å². The molecule has 1 aliphatic carbocycles. The Bertz CT molecular complexity index is 501. The van der Waals surface area contributed by atoms with Crippen molar-refractivity contribution < 1.29 is 20.1 Å². The second kappa shape index (κ2) is 16.5. The minimum Gasteiger partial charge on any atom is -0.481 e. The van der Waals surface area contributed by atoms with E-state index >= 15 is 0 Å². The smallest absolute Gasteiger partial charge is 0.00181 e. The number of halogens is 1. The molecule has 0 saturated carbocycles. The van der Waals surface area contributed by atoms with Crippen molar-refractivity contribution in [3.8, 4) is 0 Å². The van der Waals surface area contributed by atoms with Crippen LogP contribution in [0.1, 0.15) is 122 Å². The van der Waals surface area contributed by atoms with E-state index in [-0.39, 0.29) is 35.9 Å². The summed E-state index contributed by atoms with van der Waals surface area (Å²) in [7, 11) is 2.37. The molecule has 207 valence electrons. The third-order valence-corrected chi connectivity index (χ3v) is 14.4. The Hall–Kier alpha value is 1.50. The molecular weight excluding hydrogens is 652 g/mol. The standard InChI is InChI=1S/C21H47NP2.C8H12Cl.Ir/c1-18(2,3)23(19(4,5)6)16-14-22(13)15-17-24(20(7,8)9)21(10,11)12;9-8-6-4-2-1-3-5-7-8;/h14-17H2,1-13H3;1-6H2;/q;-1;. The van der Waals surface area contributed by atoms with Crippen molar-refractivity contribution in [2.24, 2.45) is 0 Å². The molecule has 0 atom stereocenters. The summed E-state index contributed by atoms with van der Waals surface area (Å²) in [5.74, 6) is 0. The van der Waals surface area contributed by atoms with Crippen molar-refractivity contribution in [2.45, 2.75) is 142 Å². The van der Waals surface area contributed by atoms with Crippen molar-refractivity contribution in [1.82, 2.24) is 4.90 Å². The van der Waals surface area contributed by atoms with Crippen LogP contribution in [0.25, 0.3) is 0 Å². The number of rotatable bonds is 6. The summed E-state index contributed by atoms with van der Waals surface area (Å²) in [4.78, 5) is 2.60. The summed E-state index contributed by atoms with van der Waals surface area (Å²) in [5.41, 5.74) is 0. The molecule has 0 heterocycles. The van der Waals surface area contributed by atoms with E-state index in [1.54, 1.807) is 0 Å². The molecular formula is C29H59ClIrNP2-. The molecule has 0 unspecified atom stereocenters. The fraction of sp³-hybridized carbons (Fsp3) is 0.931. The molecule has 0 amide bonds. The normalized spacial score (nSPS) is 16.4. The Morgan fingerprint density at radius 1 is 0.676 bits per heavy atom. The maximum Gasteiger partial charge on any atom is 0.00181 e. The maximum absolute atomic E-state index is 5.80. The van der Waals surface area contributed by atoms with Gasteiger partial charge < -0.3 is 11.0 Å². The fourth-order valence-corrected chi connectivity index (χ4v) is 13.1. The fourth-order valence-electron chi connectivity index (χ4n) is 5.08. The maximum atomic E-state index is 5.80. The van der Waals surface area contributed by atoms with Crippen LogP contribution in [-0.4, -0.2) is 58.0 Å². The summed E-state index contributed by atoms with van der Waals surface area (Å²) in [5, 5.41) is 2.72. The Kier molecular flexibility index (Phi) is 18.2. The van der Waals surface area contributed by atoms with Crippen LogP contribution >= 0.6 is 27.4 Å². The number of nitrogens with zero attached hydrogens (tertiary/aromatic N) is 1. The molecule has 0 aromatic carbocycles. The van der Waals surface area contributed by atoms with Crippen LogP contribution in [0.3, 0.4) is 0 Å². The van der Waals surface area contributed by atoms with E-state index in [2.05, 4.69) is 101 Å². The number of hydrogen-bond donors (Lipinski definition) is 0. The average Bonchev–Trinajstić information content (AvgIpc) is 2.54. The van der Waals surface area contributed by atoms with Crippen molar-refractivity contribution in [3.05, 3.63) is 11.1 Å². The summed E-state index contributed by atoms with van der Waals surface area (Å²) >= 11 is 5.80. The Morgan fingerprint density at radius 2 is 1.03 bits per heavy atom. The Labute approximate surface area is 237 Å². The molecule has 0 N–H and O–H groups in total. The van der Waals surface area contributed by atoms with Gasteiger partial charge in [-0.05, 0) is 40.0 Å². The topological polar surface area (TPSA) is 3.24 Å². The zero-order valence-corrected chi connectivity index (χ0v) is 30.1. The van der Waals surface area contributed by atoms with Crippen LogP contribution in [0, 0.1) is 6.08 Å². The van der Waals surface area contributed by atoms with Gasteiger partial charge in [-0.25, -0.2) is 0 Å². The molecule has 1 rings (SSSR count). The van der Waals surface area contributed by atoms with E-state index in [1.165, 1.54) is 51.1 Å². The molecule has 0 bridgehead atoms. The van der Waals surface area contributed by atoms with Gasteiger partial charge in [-0.1, -0.05) is 131 Å². The van der Waals surface area contributed by atoms with Crippen molar-refractivity contribution in [3.63, 3.8) is 0 Å². The third-order valence-electron chi connectivity index (χ3n) is 6.29. The first-order valence-corrected chi connectivity index (χ1v) is 16.7. The summed E-state index contributed by atoms with van der Waals surface area (Å²) in [6.45, 7) is 31.7. The molecule has 0 aromatic heterocycles. The summed E-state index contributed by atoms with van der Waals surface area (Å²) in [6, 6.07) is 0. The van der Waals surface area contributed by atoms with Crippen molar-refractivity contribution in [1.29, 1.82) is 0 Å². The zero-order chi connectivity index (χ0) is 26.1. The van der Waals surface area contributed by atoms with E-state index in [4.69, 9.17) is 11.6 Å². The molecule has 5 heteroatoms. The van der Waals surface area contributed by atoms with Crippen LogP contribution in [0.4, 0.5) is 0 Å². The Balaban J connectivity index is 0. The first-order chi connectivity index (χ1) is 14.8. The molecule has 1 radical (unpaired) electrons. The van der Waals surface area contributed by atoms with Gasteiger partial charge in [0.25, 0.3) is 0 Å². The first kappa shape index (κ1) is 37.7. The molecule has 0 fully saturated rings. The molecule has 1 aliphatic rings. The summed E-state index contributed by atoms with van der Waals surface area (Å²) in [6.07, 6.45) is 13.3. The van der Waals surface area contributed by atoms with Crippen LogP contribution in [0.2, 0.25) is 0 Å². The second-order valence-corrected chi connectivity index (χ2v) is 22.2. The van der Waals surface area contributed by atoms with Crippen LogP contribution in [0.15, 0.2) is 5.03 Å². The van der Waals surface area contributed by atoms with E-state index in [0.29, 0.717) is 20.6 Å². The molecule has 0 aromatic rings. The first-order valence-electron chi connectivity index (χ1n) is 13.3. The average molecular weight is 711 g/mol. The monoisotopic (exact) mass is 711 g/mol. The van der Waals surface area contributed by atoms with Gasteiger partial charge in [-0.15, -0.1) is 11.6 Å². The predicted molar refractivity (Wildman–Crippen MR) is 160 cm³/mol. The molecule has 0 spiro atoms. The van der Waals surface area contributed by atoms with Crippen molar-refractivity contribution >= 4 is 27.4 Å². The van der Waals surface area contributed by atoms with Crippen LogP contribution < -0.4 is 0 Å². The minimum atomic E-state index is 0. The summed E-state index contributed by atoms with van der Waals surface area (Å²) < 4.78 is 0. The Morgan fingerprint density at radius 3 is 1.38 bits per heavy atom. The van der Waals surface area contributed by atoms with Gasteiger partial charge in [0, 0.05) is 33.2 Å². The van der Waals surface area contributed by atoms with Gasteiger partial charge in [-0.3, -0.25) is 0 Å². The van der Waals surface area contributed by atoms with Crippen molar-refractivity contribution in [2.75, 3.05) is 32.5 Å². The largest absolute Gasteiger partial charge is 0.481 e. The van der Waals surface area contributed by atoms with E-state index in [1.807, 2.05) is 0 Å². The quantitative estimate of drug-likeness (QED) is 0.196.